The summed E-state index contributed by atoms with van der Waals surface area (Å²) >= 11 is 7.37. The molecule has 26 heavy (non-hydrogen) atoms. The van der Waals surface area contributed by atoms with Crippen LogP contribution in [0.5, 0.6) is 11.5 Å². The molecule has 1 aromatic carbocycles. The molecule has 0 bridgehead atoms. The van der Waals surface area contributed by atoms with E-state index in [1.54, 1.807) is 17.0 Å². The van der Waals surface area contributed by atoms with Gasteiger partial charge in [-0.3, -0.25) is 4.79 Å². The minimum absolute atomic E-state index is 0.138. The normalized spacial score (nSPS) is 10.3. The van der Waals surface area contributed by atoms with Gasteiger partial charge < -0.3 is 19.1 Å². The monoisotopic (exact) mass is 397 g/mol. The van der Waals surface area contributed by atoms with Gasteiger partial charge in [-0.1, -0.05) is 11.6 Å². The standard InChI is InChI=1S/C18H20ClNO5S/c1-4-20(10-13-6-8-16(19)26-13)17(21)11-25-14-7-5-12(18(22)24-3)9-15(14)23-2/h5-9H,4,10-11H2,1-3H3. The van der Waals surface area contributed by atoms with E-state index in [1.165, 1.54) is 31.6 Å². The number of rotatable bonds is 8. The van der Waals surface area contributed by atoms with E-state index in [2.05, 4.69) is 4.74 Å². The average Bonchev–Trinajstić information content (AvgIpc) is 3.08. The summed E-state index contributed by atoms with van der Waals surface area (Å²) in [5.74, 6) is 0.103. The lowest BCUT2D eigenvalue weighted by molar-refractivity contribution is -0.133. The minimum atomic E-state index is -0.474. The molecule has 1 amide bonds. The Hall–Kier alpha value is -2.25. The van der Waals surface area contributed by atoms with Crippen LogP contribution in [0.4, 0.5) is 0 Å². The zero-order chi connectivity index (χ0) is 19.1. The Balaban J connectivity index is 2.01. The van der Waals surface area contributed by atoms with Crippen molar-refractivity contribution in [3.63, 3.8) is 0 Å². The number of carbonyl (C=O) groups excluding carboxylic acids is 2. The first-order valence-corrected chi connectivity index (χ1v) is 9.09. The van der Waals surface area contributed by atoms with Crippen LogP contribution in [0.3, 0.4) is 0 Å². The highest BCUT2D eigenvalue weighted by atomic mass is 35.5. The molecule has 0 aliphatic heterocycles. The number of methoxy groups -OCH3 is 2. The fraction of sp³-hybridized carbons (Fsp3) is 0.333. The molecule has 1 aromatic heterocycles. The van der Waals surface area contributed by atoms with Crippen LogP contribution < -0.4 is 9.47 Å². The summed E-state index contributed by atoms with van der Waals surface area (Å²) in [5, 5.41) is 0. The van der Waals surface area contributed by atoms with Crippen molar-refractivity contribution in [2.75, 3.05) is 27.4 Å². The van der Waals surface area contributed by atoms with Gasteiger partial charge in [-0.05, 0) is 37.3 Å². The van der Waals surface area contributed by atoms with Crippen LogP contribution >= 0.6 is 22.9 Å². The van der Waals surface area contributed by atoms with E-state index in [0.717, 1.165) is 4.88 Å². The lowest BCUT2D eigenvalue weighted by atomic mass is 10.2. The molecule has 0 radical (unpaired) electrons. The van der Waals surface area contributed by atoms with Gasteiger partial charge in [0.05, 0.1) is 30.7 Å². The van der Waals surface area contributed by atoms with E-state index >= 15 is 0 Å². The zero-order valence-electron chi connectivity index (χ0n) is 14.8. The molecule has 8 heteroatoms. The SMILES string of the molecule is CCN(Cc1ccc(Cl)s1)C(=O)COc1ccc(C(=O)OC)cc1OC. The summed E-state index contributed by atoms with van der Waals surface area (Å²) in [5.41, 5.74) is 0.341. The molecule has 2 rings (SSSR count). The van der Waals surface area contributed by atoms with E-state index in [4.69, 9.17) is 21.1 Å². The smallest absolute Gasteiger partial charge is 0.337 e. The highest BCUT2D eigenvalue weighted by Gasteiger charge is 2.16. The van der Waals surface area contributed by atoms with E-state index in [1.807, 2.05) is 19.1 Å². The summed E-state index contributed by atoms with van der Waals surface area (Å²) in [6.45, 7) is 2.80. The molecular formula is C18H20ClNO5S. The Bertz CT molecular complexity index is 777. The Morgan fingerprint density at radius 1 is 1.15 bits per heavy atom. The number of benzene rings is 1. The van der Waals surface area contributed by atoms with E-state index in [9.17, 15) is 9.59 Å². The molecule has 0 fully saturated rings. The number of thiophene rings is 1. The molecule has 0 N–H and O–H groups in total. The number of hydrogen-bond acceptors (Lipinski definition) is 6. The maximum Gasteiger partial charge on any atom is 0.337 e. The van der Waals surface area contributed by atoms with Crippen LogP contribution in [0.25, 0.3) is 0 Å². The van der Waals surface area contributed by atoms with Gasteiger partial charge in [-0.15, -0.1) is 11.3 Å². The molecule has 0 saturated carbocycles. The molecule has 140 valence electrons. The summed E-state index contributed by atoms with van der Waals surface area (Å²) in [6, 6.07) is 8.35. The Morgan fingerprint density at radius 2 is 1.92 bits per heavy atom. The maximum atomic E-state index is 12.4. The Kier molecular flexibility index (Phi) is 7.29. The molecule has 0 saturated heterocycles. The first-order valence-electron chi connectivity index (χ1n) is 7.89. The molecular weight excluding hydrogens is 378 g/mol. The van der Waals surface area contributed by atoms with Gasteiger partial charge in [0.15, 0.2) is 18.1 Å². The second-order valence-corrected chi connectivity index (χ2v) is 7.06. The van der Waals surface area contributed by atoms with Gasteiger partial charge in [0.2, 0.25) is 0 Å². The molecule has 2 aromatic rings. The highest BCUT2D eigenvalue weighted by Crippen LogP contribution is 2.28. The third kappa shape index (κ3) is 5.12. The predicted octanol–water partition coefficient (Wildman–Crippen LogP) is 3.62. The minimum Gasteiger partial charge on any atom is -0.493 e. The number of halogens is 1. The average molecular weight is 398 g/mol. The molecule has 0 aliphatic carbocycles. The number of ether oxygens (including phenoxy) is 3. The molecule has 1 heterocycles. The maximum absolute atomic E-state index is 12.4. The number of esters is 1. The fourth-order valence-corrected chi connectivity index (χ4v) is 3.37. The van der Waals surface area contributed by atoms with Gasteiger partial charge in [0.1, 0.15) is 0 Å². The third-order valence-electron chi connectivity index (χ3n) is 3.65. The predicted molar refractivity (Wildman–Crippen MR) is 100 cm³/mol. The fourth-order valence-electron chi connectivity index (χ4n) is 2.26. The van der Waals surface area contributed by atoms with E-state index in [0.29, 0.717) is 34.5 Å². The van der Waals surface area contributed by atoms with Crippen LogP contribution in [0, 0.1) is 0 Å². The summed E-state index contributed by atoms with van der Waals surface area (Å²) in [6.07, 6.45) is 0. The van der Waals surface area contributed by atoms with Crippen LogP contribution in [-0.2, 0) is 16.1 Å². The Morgan fingerprint density at radius 3 is 2.50 bits per heavy atom. The van der Waals surface area contributed by atoms with Crippen molar-refractivity contribution >= 4 is 34.8 Å². The first-order chi connectivity index (χ1) is 12.5. The second-order valence-electron chi connectivity index (χ2n) is 5.26. The Labute approximate surface area is 161 Å². The zero-order valence-corrected chi connectivity index (χ0v) is 16.4. The van der Waals surface area contributed by atoms with Crippen LogP contribution in [0.2, 0.25) is 4.34 Å². The molecule has 0 unspecified atom stereocenters. The van der Waals surface area contributed by atoms with Crippen molar-refractivity contribution < 1.29 is 23.8 Å². The number of amides is 1. The number of carbonyl (C=O) groups is 2. The van der Waals surface area contributed by atoms with Crippen LogP contribution in [-0.4, -0.2) is 44.1 Å². The second kappa shape index (κ2) is 9.45. The van der Waals surface area contributed by atoms with Gasteiger partial charge in [0.25, 0.3) is 5.91 Å². The van der Waals surface area contributed by atoms with Crippen molar-refractivity contribution in [3.05, 3.63) is 45.1 Å². The van der Waals surface area contributed by atoms with Gasteiger partial charge in [0, 0.05) is 11.4 Å². The molecule has 0 spiro atoms. The van der Waals surface area contributed by atoms with Gasteiger partial charge in [-0.25, -0.2) is 4.79 Å². The van der Waals surface area contributed by atoms with Crippen molar-refractivity contribution in [1.29, 1.82) is 0 Å². The largest absolute Gasteiger partial charge is 0.493 e. The van der Waals surface area contributed by atoms with E-state index < -0.39 is 5.97 Å². The molecule has 0 atom stereocenters. The van der Waals surface area contributed by atoms with Crippen molar-refractivity contribution in [1.82, 2.24) is 4.90 Å². The summed E-state index contributed by atoms with van der Waals surface area (Å²) in [4.78, 5) is 26.7. The van der Waals surface area contributed by atoms with E-state index in [-0.39, 0.29) is 12.5 Å². The number of likely N-dealkylation sites (N-methyl/N-ethyl adjacent to an activating group) is 1. The summed E-state index contributed by atoms with van der Waals surface area (Å²) in [7, 11) is 2.77. The lowest BCUT2D eigenvalue weighted by Gasteiger charge is -2.20. The van der Waals surface area contributed by atoms with Gasteiger partial charge >= 0.3 is 5.97 Å². The lowest BCUT2D eigenvalue weighted by Crippen LogP contribution is -2.34. The number of hydrogen-bond donors (Lipinski definition) is 0. The topological polar surface area (TPSA) is 65.1 Å². The highest BCUT2D eigenvalue weighted by molar-refractivity contribution is 7.16. The first kappa shape index (κ1) is 20.1. The number of nitrogens with zero attached hydrogens (tertiary/aromatic N) is 1. The van der Waals surface area contributed by atoms with Crippen LogP contribution in [0.1, 0.15) is 22.2 Å². The quantitative estimate of drug-likeness (QED) is 0.636. The third-order valence-corrected chi connectivity index (χ3v) is 4.86. The molecule has 0 aliphatic rings. The molecule has 6 nitrogen and oxygen atoms in total. The van der Waals surface area contributed by atoms with Crippen molar-refractivity contribution in [3.8, 4) is 11.5 Å². The summed E-state index contributed by atoms with van der Waals surface area (Å²) < 4.78 is 16.2. The van der Waals surface area contributed by atoms with Crippen LogP contribution in [0.15, 0.2) is 30.3 Å². The van der Waals surface area contributed by atoms with Crippen molar-refractivity contribution in [2.24, 2.45) is 0 Å². The van der Waals surface area contributed by atoms with Gasteiger partial charge in [-0.2, -0.15) is 0 Å². The van der Waals surface area contributed by atoms with Crippen molar-refractivity contribution in [2.45, 2.75) is 13.5 Å².